The minimum absolute atomic E-state index is 0.121. The molecule has 90 valence electrons. The average Bonchev–Trinajstić information content (AvgIpc) is 2.25. The van der Waals surface area contributed by atoms with Gasteiger partial charge in [0, 0.05) is 11.6 Å². The smallest absolute Gasteiger partial charge is 0.123 e. The molecule has 0 aromatic heterocycles. The first kappa shape index (κ1) is 13.0. The van der Waals surface area contributed by atoms with E-state index in [1.807, 2.05) is 6.92 Å². The molecule has 0 bridgehead atoms. The Morgan fingerprint density at radius 2 is 2.06 bits per heavy atom. The summed E-state index contributed by atoms with van der Waals surface area (Å²) in [6, 6.07) is 4.77. The fourth-order valence-corrected chi connectivity index (χ4v) is 1.87. The van der Waals surface area contributed by atoms with Crippen molar-refractivity contribution in [1.29, 1.82) is 0 Å². The lowest BCUT2D eigenvalue weighted by molar-refractivity contribution is 0.372. The van der Waals surface area contributed by atoms with Crippen LogP contribution in [0.25, 0.3) is 0 Å². The van der Waals surface area contributed by atoms with E-state index in [-0.39, 0.29) is 11.9 Å². The van der Waals surface area contributed by atoms with Crippen molar-refractivity contribution in [3.63, 3.8) is 0 Å². The first-order chi connectivity index (χ1) is 7.60. The standard InChI is InChI=1S/C13H20FNO/c1-5-15-13(9(2)3)11-8-10(14)6-7-12(11)16-4/h6-9,13,15H,5H2,1-4H3. The van der Waals surface area contributed by atoms with E-state index in [0.717, 1.165) is 17.9 Å². The van der Waals surface area contributed by atoms with E-state index in [2.05, 4.69) is 19.2 Å². The Labute approximate surface area is 96.8 Å². The molecule has 16 heavy (non-hydrogen) atoms. The number of ether oxygens (including phenoxy) is 1. The van der Waals surface area contributed by atoms with Crippen LogP contribution in [-0.2, 0) is 0 Å². The zero-order valence-electron chi connectivity index (χ0n) is 10.4. The summed E-state index contributed by atoms with van der Waals surface area (Å²) in [6.07, 6.45) is 0. The van der Waals surface area contributed by atoms with Gasteiger partial charge >= 0.3 is 0 Å². The third-order valence-corrected chi connectivity index (χ3v) is 2.62. The molecule has 0 saturated heterocycles. The van der Waals surface area contributed by atoms with Crippen LogP contribution in [0.4, 0.5) is 4.39 Å². The molecule has 1 N–H and O–H groups in total. The predicted octanol–water partition coefficient (Wildman–Crippen LogP) is 3.14. The molecule has 0 spiro atoms. The Hall–Kier alpha value is -1.09. The van der Waals surface area contributed by atoms with E-state index >= 15 is 0 Å². The lowest BCUT2D eigenvalue weighted by Crippen LogP contribution is -2.26. The first-order valence-electron chi connectivity index (χ1n) is 5.67. The molecule has 0 fully saturated rings. The van der Waals surface area contributed by atoms with Crippen molar-refractivity contribution in [1.82, 2.24) is 5.32 Å². The maximum absolute atomic E-state index is 13.3. The molecule has 1 unspecified atom stereocenters. The molecule has 0 heterocycles. The maximum atomic E-state index is 13.3. The van der Waals surface area contributed by atoms with E-state index in [4.69, 9.17) is 4.74 Å². The molecule has 3 heteroatoms. The molecule has 2 nitrogen and oxygen atoms in total. The van der Waals surface area contributed by atoms with Gasteiger partial charge in [-0.15, -0.1) is 0 Å². The number of benzene rings is 1. The first-order valence-corrected chi connectivity index (χ1v) is 5.67. The van der Waals surface area contributed by atoms with Crippen molar-refractivity contribution in [3.05, 3.63) is 29.6 Å². The molecular weight excluding hydrogens is 205 g/mol. The second kappa shape index (κ2) is 5.85. The van der Waals surface area contributed by atoms with Crippen molar-refractivity contribution < 1.29 is 9.13 Å². The lowest BCUT2D eigenvalue weighted by Gasteiger charge is -2.24. The van der Waals surface area contributed by atoms with Crippen molar-refractivity contribution in [2.45, 2.75) is 26.8 Å². The van der Waals surface area contributed by atoms with Crippen LogP contribution in [0.2, 0.25) is 0 Å². The summed E-state index contributed by atoms with van der Waals surface area (Å²) in [5, 5.41) is 3.35. The van der Waals surface area contributed by atoms with Crippen molar-refractivity contribution in [3.8, 4) is 5.75 Å². The van der Waals surface area contributed by atoms with Gasteiger partial charge in [-0.2, -0.15) is 0 Å². The van der Waals surface area contributed by atoms with E-state index < -0.39 is 0 Å². The molecule has 1 atom stereocenters. The highest BCUT2D eigenvalue weighted by Gasteiger charge is 2.19. The summed E-state index contributed by atoms with van der Waals surface area (Å²) < 4.78 is 18.5. The van der Waals surface area contributed by atoms with E-state index in [1.165, 1.54) is 6.07 Å². The topological polar surface area (TPSA) is 21.3 Å². The number of halogens is 1. The van der Waals surface area contributed by atoms with E-state index in [1.54, 1.807) is 19.2 Å². The average molecular weight is 225 g/mol. The van der Waals surface area contributed by atoms with Gasteiger partial charge in [0.2, 0.25) is 0 Å². The van der Waals surface area contributed by atoms with Crippen LogP contribution in [0, 0.1) is 11.7 Å². The third kappa shape index (κ3) is 2.95. The summed E-state index contributed by atoms with van der Waals surface area (Å²) in [7, 11) is 1.61. The SMILES string of the molecule is CCNC(c1cc(F)ccc1OC)C(C)C. The second-order valence-electron chi connectivity index (χ2n) is 4.17. The highest BCUT2D eigenvalue weighted by atomic mass is 19.1. The fraction of sp³-hybridized carbons (Fsp3) is 0.538. The molecular formula is C13H20FNO. The van der Waals surface area contributed by atoms with Crippen LogP contribution < -0.4 is 10.1 Å². The van der Waals surface area contributed by atoms with Crippen LogP contribution >= 0.6 is 0 Å². The Morgan fingerprint density at radius 1 is 1.38 bits per heavy atom. The molecule has 0 aliphatic rings. The van der Waals surface area contributed by atoms with Gasteiger partial charge in [0.25, 0.3) is 0 Å². The summed E-state index contributed by atoms with van der Waals surface area (Å²) in [6.45, 7) is 7.11. The van der Waals surface area contributed by atoms with Crippen molar-refractivity contribution in [2.75, 3.05) is 13.7 Å². The molecule has 1 aromatic carbocycles. The van der Waals surface area contributed by atoms with Gasteiger partial charge in [0.15, 0.2) is 0 Å². The Kier molecular flexibility index (Phi) is 4.74. The number of hydrogen-bond donors (Lipinski definition) is 1. The third-order valence-electron chi connectivity index (χ3n) is 2.62. The zero-order chi connectivity index (χ0) is 12.1. The van der Waals surface area contributed by atoms with Gasteiger partial charge in [-0.25, -0.2) is 4.39 Å². The van der Waals surface area contributed by atoms with Gasteiger partial charge < -0.3 is 10.1 Å². The maximum Gasteiger partial charge on any atom is 0.123 e. The van der Waals surface area contributed by atoms with Crippen LogP contribution in [-0.4, -0.2) is 13.7 Å². The molecule has 0 radical (unpaired) electrons. The van der Waals surface area contributed by atoms with Crippen LogP contribution in [0.15, 0.2) is 18.2 Å². The molecule has 1 aromatic rings. The van der Waals surface area contributed by atoms with Gasteiger partial charge in [0.1, 0.15) is 11.6 Å². The minimum Gasteiger partial charge on any atom is -0.496 e. The molecule has 0 aliphatic heterocycles. The highest BCUT2D eigenvalue weighted by Crippen LogP contribution is 2.30. The summed E-state index contributed by atoms with van der Waals surface area (Å²) in [5.41, 5.74) is 0.888. The lowest BCUT2D eigenvalue weighted by atomic mass is 9.95. The van der Waals surface area contributed by atoms with E-state index in [9.17, 15) is 4.39 Å². The number of rotatable bonds is 5. The summed E-state index contributed by atoms with van der Waals surface area (Å²) in [4.78, 5) is 0. The normalized spacial score (nSPS) is 12.9. The van der Waals surface area contributed by atoms with Crippen molar-refractivity contribution in [2.24, 2.45) is 5.92 Å². The molecule has 0 aliphatic carbocycles. The predicted molar refractivity (Wildman–Crippen MR) is 64.2 cm³/mol. The Bertz CT molecular complexity index is 339. The highest BCUT2D eigenvalue weighted by molar-refractivity contribution is 5.36. The van der Waals surface area contributed by atoms with E-state index in [0.29, 0.717) is 5.92 Å². The Morgan fingerprint density at radius 3 is 2.56 bits per heavy atom. The van der Waals surface area contributed by atoms with Gasteiger partial charge in [-0.05, 0) is 30.7 Å². The van der Waals surface area contributed by atoms with Gasteiger partial charge in [0.05, 0.1) is 7.11 Å². The van der Waals surface area contributed by atoms with Crippen LogP contribution in [0.3, 0.4) is 0 Å². The number of nitrogens with one attached hydrogen (secondary N) is 1. The van der Waals surface area contributed by atoms with Crippen molar-refractivity contribution >= 4 is 0 Å². The minimum atomic E-state index is -0.223. The van der Waals surface area contributed by atoms with Crippen LogP contribution in [0.1, 0.15) is 32.4 Å². The largest absolute Gasteiger partial charge is 0.496 e. The monoisotopic (exact) mass is 225 g/mol. The summed E-state index contributed by atoms with van der Waals surface area (Å²) >= 11 is 0. The number of methoxy groups -OCH3 is 1. The molecule has 0 saturated carbocycles. The molecule has 1 rings (SSSR count). The molecule has 0 amide bonds. The fourth-order valence-electron chi connectivity index (χ4n) is 1.87. The van der Waals surface area contributed by atoms with Crippen LogP contribution in [0.5, 0.6) is 5.75 Å². The second-order valence-corrected chi connectivity index (χ2v) is 4.17. The summed E-state index contributed by atoms with van der Waals surface area (Å²) in [5.74, 6) is 0.899. The van der Waals surface area contributed by atoms with Gasteiger partial charge in [-0.3, -0.25) is 0 Å². The van der Waals surface area contributed by atoms with Gasteiger partial charge in [-0.1, -0.05) is 20.8 Å². The number of hydrogen-bond acceptors (Lipinski definition) is 2. The quantitative estimate of drug-likeness (QED) is 0.831. The Balaban J connectivity index is 3.10. The zero-order valence-corrected chi connectivity index (χ0v) is 10.4.